The molecule has 1 heterocycles. The Bertz CT molecular complexity index is 573. The fraction of sp³-hybridized carbons (Fsp3) is 0.100. The first-order valence-electron chi connectivity index (χ1n) is 4.56. The van der Waals surface area contributed by atoms with Crippen molar-refractivity contribution < 1.29 is 9.31 Å². The van der Waals surface area contributed by atoms with Crippen molar-refractivity contribution in [2.75, 3.05) is 0 Å². The molecule has 88 valence electrons. The second-order valence-corrected chi connectivity index (χ2v) is 4.36. The van der Waals surface area contributed by atoms with Crippen molar-refractivity contribution in [2.45, 2.75) is 5.88 Å². The van der Waals surface area contributed by atoms with Gasteiger partial charge in [-0.25, -0.2) is 9.37 Å². The van der Waals surface area contributed by atoms with E-state index < -0.39 is 10.7 Å². The van der Waals surface area contributed by atoms with Gasteiger partial charge < -0.3 is 0 Å². The average Bonchev–Trinajstić information content (AvgIpc) is 2.76. The number of aromatic nitrogens is 1. The van der Waals surface area contributed by atoms with Gasteiger partial charge >= 0.3 is 0 Å². The van der Waals surface area contributed by atoms with E-state index >= 15 is 0 Å². The molecule has 0 saturated heterocycles. The van der Waals surface area contributed by atoms with Crippen LogP contribution in [-0.4, -0.2) is 9.91 Å². The predicted octanol–water partition coefficient (Wildman–Crippen LogP) is 3.60. The van der Waals surface area contributed by atoms with Crippen molar-refractivity contribution in [2.24, 2.45) is 0 Å². The van der Waals surface area contributed by atoms with E-state index in [0.717, 1.165) is 6.07 Å². The molecule has 17 heavy (non-hydrogen) atoms. The molecule has 0 unspecified atom stereocenters. The average molecular weight is 273 g/mol. The van der Waals surface area contributed by atoms with Gasteiger partial charge in [-0.15, -0.1) is 22.9 Å². The first kappa shape index (κ1) is 11.9. The summed E-state index contributed by atoms with van der Waals surface area (Å²) in [5, 5.41) is 12.9. The molecule has 0 radical (unpaired) electrons. The zero-order valence-corrected chi connectivity index (χ0v) is 9.96. The van der Waals surface area contributed by atoms with Gasteiger partial charge in [-0.05, 0) is 6.07 Å². The van der Waals surface area contributed by atoms with E-state index in [4.69, 9.17) is 11.6 Å². The third-order valence-electron chi connectivity index (χ3n) is 2.03. The minimum absolute atomic E-state index is 0.258. The summed E-state index contributed by atoms with van der Waals surface area (Å²) in [5.74, 6) is -0.398. The molecule has 0 bridgehead atoms. The summed E-state index contributed by atoms with van der Waals surface area (Å²) >= 11 is 6.87. The van der Waals surface area contributed by atoms with Crippen LogP contribution in [0.25, 0.3) is 10.6 Å². The quantitative estimate of drug-likeness (QED) is 0.487. The Morgan fingerprint density at radius 2 is 2.24 bits per heavy atom. The lowest BCUT2D eigenvalue weighted by Gasteiger charge is -1.97. The second kappa shape index (κ2) is 4.77. The van der Waals surface area contributed by atoms with Gasteiger partial charge in [0, 0.05) is 17.0 Å². The Morgan fingerprint density at radius 1 is 1.47 bits per heavy atom. The number of hydrogen-bond donors (Lipinski definition) is 0. The molecule has 0 amide bonds. The highest BCUT2D eigenvalue weighted by Crippen LogP contribution is 2.28. The van der Waals surface area contributed by atoms with Crippen LogP contribution in [0.1, 0.15) is 5.69 Å². The van der Waals surface area contributed by atoms with Crippen molar-refractivity contribution in [1.82, 2.24) is 4.98 Å². The van der Waals surface area contributed by atoms with Gasteiger partial charge in [0.05, 0.1) is 22.6 Å². The van der Waals surface area contributed by atoms with E-state index in [0.29, 0.717) is 16.3 Å². The molecule has 0 saturated carbocycles. The van der Waals surface area contributed by atoms with Gasteiger partial charge in [-0.1, -0.05) is 0 Å². The minimum Gasteiger partial charge on any atom is -0.258 e. The molecule has 2 rings (SSSR count). The topological polar surface area (TPSA) is 56.0 Å². The van der Waals surface area contributed by atoms with Crippen LogP contribution >= 0.6 is 22.9 Å². The highest BCUT2D eigenvalue weighted by molar-refractivity contribution is 7.13. The molecular weight excluding hydrogens is 267 g/mol. The van der Waals surface area contributed by atoms with E-state index in [1.54, 1.807) is 5.38 Å². The molecule has 2 aromatic rings. The van der Waals surface area contributed by atoms with Crippen LogP contribution in [0.15, 0.2) is 23.6 Å². The third kappa shape index (κ3) is 2.59. The number of nitro groups is 1. The molecule has 0 atom stereocenters. The monoisotopic (exact) mass is 272 g/mol. The Morgan fingerprint density at radius 3 is 2.82 bits per heavy atom. The number of benzene rings is 1. The van der Waals surface area contributed by atoms with Crippen LogP contribution < -0.4 is 0 Å². The molecule has 0 spiro atoms. The largest absolute Gasteiger partial charge is 0.273 e. The number of nitro benzene ring substituents is 1. The van der Waals surface area contributed by atoms with Crippen molar-refractivity contribution in [3.63, 3.8) is 0 Å². The highest BCUT2D eigenvalue weighted by Gasteiger charge is 2.13. The highest BCUT2D eigenvalue weighted by atomic mass is 35.5. The SMILES string of the molecule is O=[N+]([O-])c1cc(F)cc(-c2nc(CCl)cs2)c1. The Hall–Kier alpha value is -1.53. The number of non-ortho nitro benzene ring substituents is 1. The van der Waals surface area contributed by atoms with E-state index in [9.17, 15) is 14.5 Å². The number of rotatable bonds is 3. The molecule has 0 N–H and O–H groups in total. The van der Waals surface area contributed by atoms with Gasteiger partial charge in [0.25, 0.3) is 5.69 Å². The zero-order valence-electron chi connectivity index (χ0n) is 8.39. The first-order valence-corrected chi connectivity index (χ1v) is 5.97. The smallest absolute Gasteiger partial charge is 0.258 e. The number of halogens is 2. The molecule has 4 nitrogen and oxygen atoms in total. The molecule has 0 aliphatic rings. The fourth-order valence-corrected chi connectivity index (χ4v) is 2.34. The van der Waals surface area contributed by atoms with Crippen molar-refractivity contribution in [3.05, 3.63) is 45.2 Å². The molecular formula is C10H6ClFN2O2S. The summed E-state index contributed by atoms with van der Waals surface area (Å²) < 4.78 is 13.2. The van der Waals surface area contributed by atoms with Gasteiger partial charge in [-0.3, -0.25) is 10.1 Å². The molecule has 1 aromatic carbocycles. The van der Waals surface area contributed by atoms with Gasteiger partial charge in [0.1, 0.15) is 10.8 Å². The van der Waals surface area contributed by atoms with Crippen molar-refractivity contribution in [3.8, 4) is 10.6 Å². The lowest BCUT2D eigenvalue weighted by Crippen LogP contribution is -1.90. The van der Waals surface area contributed by atoms with E-state index in [1.807, 2.05) is 0 Å². The second-order valence-electron chi connectivity index (χ2n) is 3.23. The number of hydrogen-bond acceptors (Lipinski definition) is 4. The Balaban J connectivity index is 2.47. The summed E-state index contributed by atoms with van der Waals surface area (Å²) in [6, 6.07) is 3.38. The first-order chi connectivity index (χ1) is 8.10. The van der Waals surface area contributed by atoms with Gasteiger partial charge in [0.15, 0.2) is 0 Å². The summed E-state index contributed by atoms with van der Waals surface area (Å²) in [5.41, 5.74) is 0.763. The predicted molar refractivity (Wildman–Crippen MR) is 63.7 cm³/mol. The van der Waals surface area contributed by atoms with Crippen LogP contribution in [0.2, 0.25) is 0 Å². The van der Waals surface area contributed by atoms with Crippen molar-refractivity contribution in [1.29, 1.82) is 0 Å². The lowest BCUT2D eigenvalue weighted by molar-refractivity contribution is -0.385. The Labute approximate surface area is 105 Å². The van der Waals surface area contributed by atoms with Crippen molar-refractivity contribution >= 4 is 28.6 Å². The van der Waals surface area contributed by atoms with Crippen LogP contribution in [0.3, 0.4) is 0 Å². The molecule has 0 aliphatic heterocycles. The van der Waals surface area contributed by atoms with Crippen LogP contribution in [0, 0.1) is 15.9 Å². The molecule has 7 heteroatoms. The maximum absolute atomic E-state index is 13.2. The number of thiazole rings is 1. The molecule has 0 aliphatic carbocycles. The maximum Gasteiger partial charge on any atom is 0.273 e. The third-order valence-corrected chi connectivity index (χ3v) is 3.24. The lowest BCUT2D eigenvalue weighted by atomic mass is 10.2. The molecule has 0 fully saturated rings. The Kier molecular flexibility index (Phi) is 3.35. The standard InChI is InChI=1S/C10H6ClFN2O2S/c11-4-8-5-17-10(13-8)6-1-7(12)3-9(2-6)14(15)16/h1-3,5H,4H2. The fourth-order valence-electron chi connectivity index (χ4n) is 1.30. The van der Waals surface area contributed by atoms with E-state index in [2.05, 4.69) is 4.98 Å². The van der Waals surface area contributed by atoms with Crippen LogP contribution in [0.4, 0.5) is 10.1 Å². The summed E-state index contributed by atoms with van der Waals surface area (Å²) in [6.07, 6.45) is 0. The van der Waals surface area contributed by atoms with Crippen LogP contribution in [0.5, 0.6) is 0 Å². The van der Waals surface area contributed by atoms with E-state index in [1.165, 1.54) is 23.5 Å². The minimum atomic E-state index is -0.656. The van der Waals surface area contributed by atoms with Crippen LogP contribution in [-0.2, 0) is 5.88 Å². The normalized spacial score (nSPS) is 10.5. The zero-order chi connectivity index (χ0) is 12.4. The number of nitrogens with zero attached hydrogens (tertiary/aromatic N) is 2. The summed E-state index contributed by atoms with van der Waals surface area (Å²) in [6.45, 7) is 0. The number of alkyl halides is 1. The summed E-state index contributed by atoms with van der Waals surface area (Å²) in [7, 11) is 0. The molecule has 1 aromatic heterocycles. The van der Waals surface area contributed by atoms with Gasteiger partial charge in [0.2, 0.25) is 0 Å². The maximum atomic E-state index is 13.2. The summed E-state index contributed by atoms with van der Waals surface area (Å²) in [4.78, 5) is 14.1. The van der Waals surface area contributed by atoms with E-state index in [-0.39, 0.29) is 11.6 Å². The van der Waals surface area contributed by atoms with Gasteiger partial charge in [-0.2, -0.15) is 0 Å².